The Morgan fingerprint density at radius 1 is 1.50 bits per heavy atom. The Morgan fingerprint density at radius 3 is 2.68 bits per heavy atom. The van der Waals surface area contributed by atoms with Crippen molar-refractivity contribution in [2.24, 2.45) is 7.05 Å². The van der Waals surface area contributed by atoms with Gasteiger partial charge < -0.3 is 15.2 Å². The molecule has 1 unspecified atom stereocenters. The topological polar surface area (TPSA) is 106 Å². The van der Waals surface area contributed by atoms with E-state index >= 15 is 0 Å². The van der Waals surface area contributed by atoms with Crippen molar-refractivity contribution < 1.29 is 19.4 Å². The first-order valence-electron chi connectivity index (χ1n) is 6.82. The van der Waals surface area contributed by atoms with Crippen molar-refractivity contribution in [2.75, 3.05) is 5.75 Å². The molecule has 1 rings (SSSR count). The molecule has 0 saturated carbocycles. The van der Waals surface area contributed by atoms with Crippen LogP contribution >= 0.6 is 11.8 Å². The molecule has 124 valence electrons. The Kier molecular flexibility index (Phi) is 6.66. The number of hydrogen-bond donors (Lipinski definition) is 2. The molecule has 22 heavy (non-hydrogen) atoms. The van der Waals surface area contributed by atoms with Gasteiger partial charge in [0.05, 0.1) is 5.69 Å². The standard InChI is InChI=1S/C13H22N4O4S/c1-13(2,3)21-12(20)14-10(11(18)19)5-6-22-8-9-7-17(4)16-15-9/h7,10H,5-6,8H2,1-4H3,(H,14,20)(H,18,19). The molecule has 0 aliphatic heterocycles. The number of amides is 1. The summed E-state index contributed by atoms with van der Waals surface area (Å²) in [6.45, 7) is 5.16. The zero-order chi connectivity index (χ0) is 16.8. The lowest BCUT2D eigenvalue weighted by atomic mass is 10.2. The number of nitrogens with zero attached hydrogens (tertiary/aromatic N) is 3. The lowest BCUT2D eigenvalue weighted by molar-refractivity contribution is -0.139. The SMILES string of the molecule is Cn1cc(CSCCC(NC(=O)OC(C)(C)C)C(=O)O)nn1. The summed E-state index contributed by atoms with van der Waals surface area (Å²) < 4.78 is 6.67. The third-order valence-corrected chi connectivity index (χ3v) is 3.46. The summed E-state index contributed by atoms with van der Waals surface area (Å²) in [5.41, 5.74) is 0.174. The van der Waals surface area contributed by atoms with Gasteiger partial charge in [-0.15, -0.1) is 5.10 Å². The molecule has 2 N–H and O–H groups in total. The molecule has 0 bridgehead atoms. The number of thioether (sulfide) groups is 1. The molecule has 0 aliphatic carbocycles. The highest BCUT2D eigenvalue weighted by Crippen LogP contribution is 2.12. The molecule has 0 aromatic carbocycles. The number of carboxylic acids is 1. The molecule has 8 nitrogen and oxygen atoms in total. The van der Waals surface area contributed by atoms with Crippen LogP contribution in [-0.2, 0) is 22.3 Å². The highest BCUT2D eigenvalue weighted by molar-refractivity contribution is 7.98. The Hall–Kier alpha value is -1.77. The van der Waals surface area contributed by atoms with Crippen LogP contribution in [0.5, 0.6) is 0 Å². The normalized spacial score (nSPS) is 12.7. The molecule has 0 aliphatic rings. The van der Waals surface area contributed by atoms with Crippen molar-refractivity contribution in [2.45, 2.75) is 44.6 Å². The Balaban J connectivity index is 2.35. The van der Waals surface area contributed by atoms with E-state index in [4.69, 9.17) is 9.84 Å². The van der Waals surface area contributed by atoms with Gasteiger partial charge in [0.25, 0.3) is 0 Å². The zero-order valence-corrected chi connectivity index (χ0v) is 14.0. The quantitative estimate of drug-likeness (QED) is 0.728. The predicted octanol–water partition coefficient (Wildman–Crippen LogP) is 1.42. The fourth-order valence-electron chi connectivity index (χ4n) is 1.55. The second kappa shape index (κ2) is 8.02. The van der Waals surface area contributed by atoms with Crippen molar-refractivity contribution >= 4 is 23.8 Å². The lowest BCUT2D eigenvalue weighted by Crippen LogP contribution is -2.43. The van der Waals surface area contributed by atoms with Crippen LogP contribution in [0.3, 0.4) is 0 Å². The van der Waals surface area contributed by atoms with E-state index in [-0.39, 0.29) is 0 Å². The van der Waals surface area contributed by atoms with Crippen LogP contribution in [0, 0.1) is 0 Å². The van der Waals surface area contributed by atoms with Gasteiger partial charge in [0, 0.05) is 19.0 Å². The maximum atomic E-state index is 11.6. The van der Waals surface area contributed by atoms with E-state index in [1.54, 1.807) is 38.7 Å². The molecule has 1 aromatic rings. The first kappa shape index (κ1) is 18.3. The first-order valence-corrected chi connectivity index (χ1v) is 7.98. The van der Waals surface area contributed by atoms with Crippen LogP contribution in [0.25, 0.3) is 0 Å². The van der Waals surface area contributed by atoms with E-state index in [0.29, 0.717) is 17.9 Å². The number of nitrogens with one attached hydrogen (secondary N) is 1. The third-order valence-electron chi connectivity index (χ3n) is 2.44. The van der Waals surface area contributed by atoms with Gasteiger partial charge >= 0.3 is 12.1 Å². The van der Waals surface area contributed by atoms with Crippen LogP contribution in [0.15, 0.2) is 6.20 Å². The van der Waals surface area contributed by atoms with Crippen molar-refractivity contribution in [3.63, 3.8) is 0 Å². The van der Waals surface area contributed by atoms with Gasteiger partial charge in [0.1, 0.15) is 11.6 Å². The number of alkyl carbamates (subject to hydrolysis) is 1. The number of carboxylic acid groups (broad SMARTS) is 1. The molecule has 9 heteroatoms. The van der Waals surface area contributed by atoms with Crippen molar-refractivity contribution in [3.05, 3.63) is 11.9 Å². The van der Waals surface area contributed by atoms with Gasteiger partial charge in [-0.1, -0.05) is 5.21 Å². The minimum Gasteiger partial charge on any atom is -0.480 e. The van der Waals surface area contributed by atoms with Crippen LogP contribution in [0.1, 0.15) is 32.9 Å². The van der Waals surface area contributed by atoms with E-state index in [9.17, 15) is 9.59 Å². The molecular weight excluding hydrogens is 308 g/mol. The summed E-state index contributed by atoms with van der Waals surface area (Å²) in [5.74, 6) is 0.140. The summed E-state index contributed by atoms with van der Waals surface area (Å²) in [4.78, 5) is 22.8. The maximum Gasteiger partial charge on any atom is 0.408 e. The van der Waals surface area contributed by atoms with E-state index < -0.39 is 23.7 Å². The Labute approximate surface area is 133 Å². The highest BCUT2D eigenvalue weighted by Gasteiger charge is 2.23. The smallest absolute Gasteiger partial charge is 0.408 e. The molecule has 1 atom stereocenters. The fraction of sp³-hybridized carbons (Fsp3) is 0.692. The minimum atomic E-state index is -1.08. The predicted molar refractivity (Wildman–Crippen MR) is 82.6 cm³/mol. The monoisotopic (exact) mass is 330 g/mol. The van der Waals surface area contributed by atoms with Crippen molar-refractivity contribution in [3.8, 4) is 0 Å². The number of aromatic nitrogens is 3. The summed E-state index contributed by atoms with van der Waals surface area (Å²) in [7, 11) is 1.78. The lowest BCUT2D eigenvalue weighted by Gasteiger charge is -2.21. The average molecular weight is 330 g/mol. The van der Waals surface area contributed by atoms with E-state index in [1.807, 2.05) is 0 Å². The maximum absolute atomic E-state index is 11.6. The van der Waals surface area contributed by atoms with E-state index in [0.717, 1.165) is 5.69 Å². The zero-order valence-electron chi connectivity index (χ0n) is 13.2. The van der Waals surface area contributed by atoms with Gasteiger partial charge in [-0.3, -0.25) is 4.68 Å². The molecule has 0 spiro atoms. The molecule has 0 fully saturated rings. The number of carbonyl (C=O) groups excluding carboxylic acids is 1. The number of aliphatic carboxylic acids is 1. The molecule has 1 aromatic heterocycles. The molecule has 0 radical (unpaired) electrons. The fourth-order valence-corrected chi connectivity index (χ4v) is 2.43. The second-order valence-electron chi connectivity index (χ2n) is 5.76. The molecule has 0 saturated heterocycles. The summed E-state index contributed by atoms with van der Waals surface area (Å²) in [5, 5.41) is 19.3. The average Bonchev–Trinajstić information content (AvgIpc) is 2.76. The second-order valence-corrected chi connectivity index (χ2v) is 6.87. The van der Waals surface area contributed by atoms with Gasteiger partial charge in [-0.05, 0) is 32.9 Å². The van der Waals surface area contributed by atoms with E-state index in [2.05, 4.69) is 15.6 Å². The van der Waals surface area contributed by atoms with Crippen molar-refractivity contribution in [1.29, 1.82) is 0 Å². The van der Waals surface area contributed by atoms with Crippen LogP contribution in [0.4, 0.5) is 4.79 Å². The van der Waals surface area contributed by atoms with Crippen LogP contribution < -0.4 is 5.32 Å². The summed E-state index contributed by atoms with van der Waals surface area (Å²) in [6, 6.07) is -0.968. The van der Waals surface area contributed by atoms with E-state index in [1.165, 1.54) is 11.8 Å². The number of rotatable bonds is 7. The van der Waals surface area contributed by atoms with Gasteiger partial charge in [0.15, 0.2) is 0 Å². The number of carbonyl (C=O) groups is 2. The first-order chi connectivity index (χ1) is 10.2. The largest absolute Gasteiger partial charge is 0.480 e. The summed E-state index contributed by atoms with van der Waals surface area (Å²) >= 11 is 1.53. The third kappa shape index (κ3) is 7.30. The van der Waals surface area contributed by atoms with Gasteiger partial charge in [-0.25, -0.2) is 9.59 Å². The van der Waals surface area contributed by atoms with Crippen molar-refractivity contribution in [1.82, 2.24) is 20.3 Å². The Morgan fingerprint density at radius 2 is 2.18 bits per heavy atom. The highest BCUT2D eigenvalue weighted by atomic mass is 32.2. The molecule has 1 heterocycles. The van der Waals surface area contributed by atoms with Crippen LogP contribution in [0.2, 0.25) is 0 Å². The Bertz CT molecular complexity index is 512. The van der Waals surface area contributed by atoms with Gasteiger partial charge in [-0.2, -0.15) is 11.8 Å². The van der Waals surface area contributed by atoms with Crippen LogP contribution in [-0.4, -0.2) is 49.6 Å². The number of ether oxygens (including phenoxy) is 1. The number of aryl methyl sites for hydroxylation is 1. The molecule has 1 amide bonds. The van der Waals surface area contributed by atoms with Gasteiger partial charge in [0.2, 0.25) is 0 Å². The molecular formula is C13H22N4O4S. The number of hydrogen-bond acceptors (Lipinski definition) is 6. The summed E-state index contributed by atoms with van der Waals surface area (Å²) in [6.07, 6.45) is 1.39. The minimum absolute atomic E-state index is 0.305.